The van der Waals surface area contributed by atoms with Crippen molar-refractivity contribution >= 4 is 33.6 Å². The summed E-state index contributed by atoms with van der Waals surface area (Å²) in [4.78, 5) is 13.1. The number of rotatable bonds is 5. The molecule has 7 heteroatoms. The Morgan fingerprint density at radius 3 is 2.76 bits per heavy atom. The zero-order chi connectivity index (χ0) is 15.6. The van der Waals surface area contributed by atoms with Crippen LogP contribution in [0.25, 0.3) is 0 Å². The molecule has 1 aromatic heterocycles. The van der Waals surface area contributed by atoms with Gasteiger partial charge in [0.2, 0.25) is 0 Å². The maximum atomic E-state index is 11.2. The minimum atomic E-state index is -0.720. The summed E-state index contributed by atoms with van der Waals surface area (Å²) in [5.74, 6) is 0. The zero-order valence-corrected chi connectivity index (χ0v) is 13.2. The molecule has 0 aliphatic carbocycles. The topological polar surface area (TPSA) is 66.6 Å². The van der Waals surface area contributed by atoms with Crippen LogP contribution in [-0.4, -0.2) is 17.1 Å². The van der Waals surface area contributed by atoms with E-state index in [-0.39, 0.29) is 5.69 Å². The Kier molecular flexibility index (Phi) is 4.82. The summed E-state index contributed by atoms with van der Waals surface area (Å²) in [6.45, 7) is 2.09. The van der Waals surface area contributed by atoms with E-state index in [1.807, 2.05) is 18.2 Å². The maximum Gasteiger partial charge on any atom is 0.304 e. The average Bonchev–Trinajstić information content (AvgIpc) is 2.84. The number of aliphatic hydroxyl groups excluding tert-OH is 1. The van der Waals surface area contributed by atoms with Crippen LogP contribution in [0, 0.1) is 10.1 Å². The summed E-state index contributed by atoms with van der Waals surface area (Å²) in [6.07, 6.45) is -0.720. The number of hydrogen-bond acceptors (Lipinski definition) is 5. The van der Waals surface area contributed by atoms with Gasteiger partial charge in [-0.05, 0) is 24.6 Å². The molecule has 1 aromatic carbocycles. The molecule has 0 amide bonds. The van der Waals surface area contributed by atoms with E-state index < -0.39 is 11.0 Å². The molecule has 2 aromatic rings. The second-order valence-electron chi connectivity index (χ2n) is 4.76. The Morgan fingerprint density at radius 1 is 1.48 bits per heavy atom. The second-order valence-corrected chi connectivity index (χ2v) is 6.26. The van der Waals surface area contributed by atoms with Gasteiger partial charge in [0.05, 0.1) is 11.0 Å². The molecule has 0 bridgehead atoms. The molecule has 1 unspecified atom stereocenters. The van der Waals surface area contributed by atoms with Gasteiger partial charge in [0.25, 0.3) is 0 Å². The van der Waals surface area contributed by atoms with E-state index >= 15 is 0 Å². The van der Waals surface area contributed by atoms with Crippen molar-refractivity contribution in [1.82, 2.24) is 0 Å². The van der Waals surface area contributed by atoms with E-state index in [2.05, 4.69) is 0 Å². The standard InChI is InChI=1S/C14H15ClN2O3S/c1-9(18)13-7-12(17(19)20)14(21-13)16(2)8-10-4-3-5-11(15)6-10/h3-7,9,18H,8H2,1-2H3. The molecule has 0 saturated heterocycles. The molecule has 0 radical (unpaired) electrons. The molecule has 0 spiro atoms. The molecule has 2 rings (SSSR count). The highest BCUT2D eigenvalue weighted by Gasteiger charge is 2.23. The first kappa shape index (κ1) is 15.8. The van der Waals surface area contributed by atoms with E-state index in [0.717, 1.165) is 5.56 Å². The quantitative estimate of drug-likeness (QED) is 0.666. The van der Waals surface area contributed by atoms with E-state index in [4.69, 9.17) is 11.6 Å². The molecular weight excluding hydrogens is 312 g/mol. The fourth-order valence-corrected chi connectivity index (χ4v) is 3.22. The van der Waals surface area contributed by atoms with Crippen LogP contribution in [-0.2, 0) is 6.54 Å². The first-order valence-corrected chi connectivity index (χ1v) is 7.49. The summed E-state index contributed by atoms with van der Waals surface area (Å²) >= 11 is 7.17. The molecule has 0 aliphatic rings. The highest BCUT2D eigenvalue weighted by molar-refractivity contribution is 7.16. The van der Waals surface area contributed by atoms with E-state index in [1.165, 1.54) is 17.4 Å². The molecule has 1 atom stereocenters. The maximum absolute atomic E-state index is 11.2. The molecule has 112 valence electrons. The lowest BCUT2D eigenvalue weighted by molar-refractivity contribution is -0.383. The third kappa shape index (κ3) is 3.72. The van der Waals surface area contributed by atoms with Crippen LogP contribution >= 0.6 is 22.9 Å². The van der Waals surface area contributed by atoms with Crippen molar-refractivity contribution in [3.63, 3.8) is 0 Å². The van der Waals surface area contributed by atoms with Crippen LogP contribution in [0.5, 0.6) is 0 Å². The number of halogens is 1. The fourth-order valence-electron chi connectivity index (χ4n) is 1.98. The third-order valence-electron chi connectivity index (χ3n) is 2.98. The summed E-state index contributed by atoms with van der Waals surface area (Å²) in [5.41, 5.74) is 0.978. The van der Waals surface area contributed by atoms with Crippen molar-refractivity contribution in [2.24, 2.45) is 0 Å². The van der Waals surface area contributed by atoms with Crippen LogP contribution in [0.1, 0.15) is 23.5 Å². The predicted molar refractivity (Wildman–Crippen MR) is 85.2 cm³/mol. The van der Waals surface area contributed by atoms with Crippen LogP contribution < -0.4 is 4.90 Å². The minimum absolute atomic E-state index is 0.0143. The Balaban J connectivity index is 2.29. The number of thiophene rings is 1. The molecule has 1 heterocycles. The monoisotopic (exact) mass is 326 g/mol. The fraction of sp³-hybridized carbons (Fsp3) is 0.286. The molecule has 1 N–H and O–H groups in total. The molecule has 0 fully saturated rings. The van der Waals surface area contributed by atoms with Gasteiger partial charge < -0.3 is 10.0 Å². The zero-order valence-electron chi connectivity index (χ0n) is 11.6. The van der Waals surface area contributed by atoms with Gasteiger partial charge in [-0.2, -0.15) is 0 Å². The summed E-state index contributed by atoms with van der Waals surface area (Å²) in [7, 11) is 1.78. The number of aliphatic hydroxyl groups is 1. The highest BCUT2D eigenvalue weighted by atomic mass is 35.5. The molecule has 0 saturated carbocycles. The summed E-state index contributed by atoms with van der Waals surface area (Å²) in [6, 6.07) is 8.80. The number of nitrogens with zero attached hydrogens (tertiary/aromatic N) is 2. The van der Waals surface area contributed by atoms with Gasteiger partial charge in [-0.25, -0.2) is 0 Å². The number of hydrogen-bond donors (Lipinski definition) is 1. The van der Waals surface area contributed by atoms with Gasteiger partial charge in [-0.15, -0.1) is 11.3 Å². The van der Waals surface area contributed by atoms with Crippen LogP contribution in [0.4, 0.5) is 10.7 Å². The average molecular weight is 327 g/mol. The lowest BCUT2D eigenvalue weighted by Crippen LogP contribution is -2.16. The Hall–Kier alpha value is -1.63. The van der Waals surface area contributed by atoms with E-state index in [1.54, 1.807) is 24.9 Å². The van der Waals surface area contributed by atoms with Crippen molar-refractivity contribution in [3.8, 4) is 0 Å². The lowest BCUT2D eigenvalue weighted by Gasteiger charge is -2.16. The van der Waals surface area contributed by atoms with Gasteiger partial charge in [0, 0.05) is 29.6 Å². The van der Waals surface area contributed by atoms with Crippen LogP contribution in [0.15, 0.2) is 30.3 Å². The number of nitro groups is 1. The molecule has 5 nitrogen and oxygen atoms in total. The summed E-state index contributed by atoms with van der Waals surface area (Å²) in [5, 5.41) is 21.9. The Bertz CT molecular complexity index is 657. The third-order valence-corrected chi connectivity index (χ3v) is 4.62. The highest BCUT2D eigenvalue weighted by Crippen LogP contribution is 2.40. The smallest absolute Gasteiger partial charge is 0.304 e. The van der Waals surface area contributed by atoms with E-state index in [0.29, 0.717) is 21.4 Å². The predicted octanol–water partition coefficient (Wildman–Crippen LogP) is 4.00. The van der Waals surface area contributed by atoms with Crippen molar-refractivity contribution in [1.29, 1.82) is 0 Å². The molecular formula is C14H15ClN2O3S. The lowest BCUT2D eigenvalue weighted by atomic mass is 10.2. The van der Waals surface area contributed by atoms with Crippen LogP contribution in [0.3, 0.4) is 0 Å². The normalized spacial score (nSPS) is 12.2. The second kappa shape index (κ2) is 6.43. The van der Waals surface area contributed by atoms with Gasteiger partial charge in [0.15, 0.2) is 5.00 Å². The van der Waals surface area contributed by atoms with Gasteiger partial charge >= 0.3 is 5.69 Å². The number of anilines is 1. The first-order valence-electron chi connectivity index (χ1n) is 6.30. The Morgan fingerprint density at radius 2 is 2.19 bits per heavy atom. The van der Waals surface area contributed by atoms with Crippen molar-refractivity contribution in [3.05, 3.63) is 55.9 Å². The Labute approximate surface area is 131 Å². The van der Waals surface area contributed by atoms with Crippen molar-refractivity contribution < 1.29 is 10.0 Å². The minimum Gasteiger partial charge on any atom is -0.388 e. The molecule has 0 aliphatic heterocycles. The van der Waals surface area contributed by atoms with Gasteiger partial charge in [0.1, 0.15) is 0 Å². The van der Waals surface area contributed by atoms with Crippen molar-refractivity contribution in [2.75, 3.05) is 11.9 Å². The van der Waals surface area contributed by atoms with Crippen LogP contribution in [0.2, 0.25) is 5.02 Å². The molecule has 21 heavy (non-hydrogen) atoms. The van der Waals surface area contributed by atoms with Gasteiger partial charge in [-0.3, -0.25) is 10.1 Å². The first-order chi connectivity index (χ1) is 9.88. The largest absolute Gasteiger partial charge is 0.388 e. The van der Waals surface area contributed by atoms with Gasteiger partial charge in [-0.1, -0.05) is 23.7 Å². The SMILES string of the molecule is CC(O)c1cc([N+](=O)[O-])c(N(C)Cc2cccc(Cl)c2)s1. The summed E-state index contributed by atoms with van der Waals surface area (Å²) < 4.78 is 0. The van der Waals surface area contributed by atoms with E-state index in [9.17, 15) is 15.2 Å². The van der Waals surface area contributed by atoms with Crippen molar-refractivity contribution in [2.45, 2.75) is 19.6 Å². The number of benzene rings is 1.